The van der Waals surface area contributed by atoms with Crippen LogP contribution in [0, 0.1) is 0 Å². The molecule has 122 valence electrons. The summed E-state index contributed by atoms with van der Waals surface area (Å²) in [7, 11) is 1.75. The van der Waals surface area contributed by atoms with Gasteiger partial charge < -0.3 is 10.1 Å². The molecule has 0 spiro atoms. The van der Waals surface area contributed by atoms with E-state index in [1.165, 1.54) is 17.0 Å². The minimum atomic E-state index is 0.285. The zero-order valence-corrected chi connectivity index (χ0v) is 14.7. The number of nitrogens with zero attached hydrogens (tertiary/aromatic N) is 2. The number of rotatable bonds is 10. The van der Waals surface area contributed by atoms with E-state index in [1.807, 2.05) is 0 Å². The van der Waals surface area contributed by atoms with Crippen LogP contribution >= 0.6 is 0 Å². The van der Waals surface area contributed by atoms with Crippen LogP contribution in [0.4, 0.5) is 0 Å². The van der Waals surface area contributed by atoms with Crippen LogP contribution in [0.3, 0.4) is 0 Å². The average molecular weight is 295 g/mol. The Kier molecular flexibility index (Phi) is 7.97. The Morgan fingerprint density at radius 1 is 1.19 bits per heavy atom. The highest BCUT2D eigenvalue weighted by Gasteiger charge is 2.23. The molecule has 0 radical (unpaired) electrons. The van der Waals surface area contributed by atoms with Gasteiger partial charge in [-0.2, -0.15) is 5.10 Å². The maximum absolute atomic E-state index is 5.32. The van der Waals surface area contributed by atoms with Gasteiger partial charge >= 0.3 is 0 Å². The molecule has 0 bridgehead atoms. The Hall–Kier alpha value is -0.870. The van der Waals surface area contributed by atoms with Gasteiger partial charge in [0.1, 0.15) is 0 Å². The monoisotopic (exact) mass is 295 g/mol. The fourth-order valence-corrected chi connectivity index (χ4v) is 3.00. The zero-order valence-electron chi connectivity index (χ0n) is 14.7. The second-order valence-corrected chi connectivity index (χ2v) is 5.68. The molecule has 0 aliphatic rings. The Morgan fingerprint density at radius 3 is 2.38 bits per heavy atom. The van der Waals surface area contributed by atoms with Gasteiger partial charge in [0.05, 0.1) is 18.3 Å². The van der Waals surface area contributed by atoms with Gasteiger partial charge in [-0.15, -0.1) is 0 Å². The lowest BCUT2D eigenvalue weighted by atomic mass is 9.98. The summed E-state index contributed by atoms with van der Waals surface area (Å²) < 4.78 is 7.50. The third kappa shape index (κ3) is 4.30. The van der Waals surface area contributed by atoms with Crippen molar-refractivity contribution in [2.75, 3.05) is 20.3 Å². The van der Waals surface area contributed by atoms with Gasteiger partial charge in [0.15, 0.2) is 0 Å². The zero-order chi connectivity index (χ0) is 15.8. The highest BCUT2D eigenvalue weighted by Crippen LogP contribution is 2.28. The molecule has 0 amide bonds. The molecule has 1 rings (SSSR count). The molecular formula is C17H33N3O. The number of methoxy groups -OCH3 is 1. The van der Waals surface area contributed by atoms with E-state index >= 15 is 0 Å². The van der Waals surface area contributed by atoms with Crippen LogP contribution in [0.2, 0.25) is 0 Å². The molecule has 4 nitrogen and oxygen atoms in total. The third-order valence-electron chi connectivity index (χ3n) is 4.02. The van der Waals surface area contributed by atoms with Crippen molar-refractivity contribution in [3.63, 3.8) is 0 Å². The standard InChI is InChI=1S/C17H33N3O/c1-7-11-18-14(8-2)17-15(9-3)19-20(16(17)10-4)13(5)12-21-6/h13-14,18H,7-12H2,1-6H3. The Balaban J connectivity index is 3.21. The van der Waals surface area contributed by atoms with Crippen molar-refractivity contribution in [3.8, 4) is 0 Å². The van der Waals surface area contributed by atoms with Crippen LogP contribution in [-0.2, 0) is 17.6 Å². The first-order valence-corrected chi connectivity index (χ1v) is 8.46. The van der Waals surface area contributed by atoms with Crippen molar-refractivity contribution in [2.45, 2.75) is 72.4 Å². The SMILES string of the molecule is CCCNC(CC)c1c(CC)nn(C(C)COC)c1CC. The normalized spacial score (nSPS) is 14.4. The average Bonchev–Trinajstić information content (AvgIpc) is 2.87. The summed E-state index contributed by atoms with van der Waals surface area (Å²) in [6, 6.07) is 0.700. The lowest BCUT2D eigenvalue weighted by Crippen LogP contribution is -2.23. The van der Waals surface area contributed by atoms with Gasteiger partial charge in [0, 0.05) is 24.4 Å². The topological polar surface area (TPSA) is 39.1 Å². The summed E-state index contributed by atoms with van der Waals surface area (Å²) in [6.45, 7) is 12.8. The molecule has 0 fully saturated rings. The van der Waals surface area contributed by atoms with Crippen molar-refractivity contribution in [1.29, 1.82) is 0 Å². The van der Waals surface area contributed by atoms with Gasteiger partial charge in [0.25, 0.3) is 0 Å². The molecular weight excluding hydrogens is 262 g/mol. The van der Waals surface area contributed by atoms with Crippen molar-refractivity contribution < 1.29 is 4.74 Å². The summed E-state index contributed by atoms with van der Waals surface area (Å²) in [5, 5.41) is 8.58. The smallest absolute Gasteiger partial charge is 0.0727 e. The molecule has 0 aliphatic carbocycles. The molecule has 2 atom stereocenters. The van der Waals surface area contributed by atoms with Crippen LogP contribution < -0.4 is 5.32 Å². The third-order valence-corrected chi connectivity index (χ3v) is 4.02. The maximum atomic E-state index is 5.32. The van der Waals surface area contributed by atoms with Crippen LogP contribution in [0.5, 0.6) is 0 Å². The lowest BCUT2D eigenvalue weighted by molar-refractivity contribution is 0.155. The van der Waals surface area contributed by atoms with Gasteiger partial charge in [0.2, 0.25) is 0 Å². The van der Waals surface area contributed by atoms with Gasteiger partial charge in [-0.1, -0.05) is 27.7 Å². The largest absolute Gasteiger partial charge is 0.382 e. The van der Waals surface area contributed by atoms with E-state index in [-0.39, 0.29) is 6.04 Å². The first kappa shape index (κ1) is 18.2. The number of hydrogen-bond acceptors (Lipinski definition) is 3. The second kappa shape index (κ2) is 9.21. The predicted octanol–water partition coefficient (Wildman–Crippen LogP) is 3.67. The van der Waals surface area contributed by atoms with E-state index in [0.717, 1.165) is 32.2 Å². The van der Waals surface area contributed by atoms with E-state index in [1.54, 1.807) is 7.11 Å². The minimum absolute atomic E-state index is 0.285. The molecule has 1 aromatic heterocycles. The second-order valence-electron chi connectivity index (χ2n) is 5.68. The van der Waals surface area contributed by atoms with Gasteiger partial charge in [-0.05, 0) is 39.2 Å². The van der Waals surface area contributed by atoms with E-state index in [2.05, 4.69) is 44.6 Å². The van der Waals surface area contributed by atoms with Crippen LogP contribution in [0.15, 0.2) is 0 Å². The Morgan fingerprint density at radius 2 is 1.90 bits per heavy atom. The van der Waals surface area contributed by atoms with E-state index < -0.39 is 0 Å². The molecule has 0 aromatic carbocycles. The number of ether oxygens (including phenoxy) is 1. The predicted molar refractivity (Wildman–Crippen MR) is 88.9 cm³/mol. The van der Waals surface area contributed by atoms with E-state index in [0.29, 0.717) is 12.6 Å². The summed E-state index contributed by atoms with van der Waals surface area (Å²) in [4.78, 5) is 0. The van der Waals surface area contributed by atoms with Gasteiger partial charge in [-0.25, -0.2) is 0 Å². The quantitative estimate of drug-likeness (QED) is 0.716. The molecule has 1 heterocycles. The molecule has 1 aromatic rings. The number of hydrogen-bond donors (Lipinski definition) is 1. The van der Waals surface area contributed by atoms with Crippen molar-refractivity contribution in [1.82, 2.24) is 15.1 Å². The number of aromatic nitrogens is 2. The fraction of sp³-hybridized carbons (Fsp3) is 0.824. The minimum Gasteiger partial charge on any atom is -0.382 e. The Labute approximate surface area is 130 Å². The van der Waals surface area contributed by atoms with E-state index in [4.69, 9.17) is 9.84 Å². The molecule has 4 heteroatoms. The Bertz CT molecular complexity index is 414. The highest BCUT2D eigenvalue weighted by molar-refractivity contribution is 5.31. The summed E-state index contributed by atoms with van der Waals surface area (Å²) >= 11 is 0. The summed E-state index contributed by atoms with van der Waals surface area (Å²) in [6.07, 6.45) is 4.26. The number of aryl methyl sites for hydroxylation is 1. The van der Waals surface area contributed by atoms with Crippen LogP contribution in [-0.4, -0.2) is 30.0 Å². The molecule has 2 unspecified atom stereocenters. The van der Waals surface area contributed by atoms with E-state index in [9.17, 15) is 0 Å². The summed E-state index contributed by atoms with van der Waals surface area (Å²) in [5.41, 5.74) is 4.04. The van der Waals surface area contributed by atoms with Crippen molar-refractivity contribution >= 4 is 0 Å². The van der Waals surface area contributed by atoms with Crippen LogP contribution in [0.25, 0.3) is 0 Å². The first-order chi connectivity index (χ1) is 10.1. The molecule has 0 saturated heterocycles. The number of nitrogens with one attached hydrogen (secondary N) is 1. The fourth-order valence-electron chi connectivity index (χ4n) is 3.00. The molecule has 0 saturated carbocycles. The van der Waals surface area contributed by atoms with Crippen molar-refractivity contribution in [2.24, 2.45) is 0 Å². The highest BCUT2D eigenvalue weighted by atomic mass is 16.5. The summed E-state index contributed by atoms with van der Waals surface area (Å²) in [5.74, 6) is 0. The van der Waals surface area contributed by atoms with Crippen molar-refractivity contribution in [3.05, 3.63) is 17.0 Å². The molecule has 21 heavy (non-hydrogen) atoms. The first-order valence-electron chi connectivity index (χ1n) is 8.46. The lowest BCUT2D eigenvalue weighted by Gasteiger charge is -2.20. The molecule has 1 N–H and O–H groups in total. The van der Waals surface area contributed by atoms with Crippen LogP contribution in [0.1, 0.15) is 76.5 Å². The maximum Gasteiger partial charge on any atom is 0.0727 e. The molecule has 0 aliphatic heterocycles. The van der Waals surface area contributed by atoms with Gasteiger partial charge in [-0.3, -0.25) is 4.68 Å².